The second-order valence-electron chi connectivity index (χ2n) is 4.81. The van der Waals surface area contributed by atoms with Gasteiger partial charge in [-0.15, -0.1) is 0 Å². The first-order valence-corrected chi connectivity index (χ1v) is 6.30. The Morgan fingerprint density at radius 3 is 2.75 bits per heavy atom. The maximum Gasteiger partial charge on any atom is 0.169 e. The Hall–Kier alpha value is -2.27. The summed E-state index contributed by atoms with van der Waals surface area (Å²) >= 11 is 0. The smallest absolute Gasteiger partial charge is 0.169 e. The number of halogens is 1. The van der Waals surface area contributed by atoms with Gasteiger partial charge in [0.2, 0.25) is 0 Å². The predicted octanol–water partition coefficient (Wildman–Crippen LogP) is 3.03. The maximum atomic E-state index is 13.7. The number of fused-ring (bicyclic) bond motifs is 1. The van der Waals surface area contributed by atoms with Crippen LogP contribution in [-0.2, 0) is 0 Å². The van der Waals surface area contributed by atoms with Gasteiger partial charge in [-0.2, -0.15) is 10.2 Å². The summed E-state index contributed by atoms with van der Waals surface area (Å²) in [5.74, 6) is 0.127. The van der Waals surface area contributed by atoms with E-state index in [4.69, 9.17) is 10.2 Å². The van der Waals surface area contributed by atoms with Crippen LogP contribution < -0.4 is 5.73 Å². The molecule has 0 saturated carbocycles. The summed E-state index contributed by atoms with van der Waals surface area (Å²) in [7, 11) is 0. The van der Waals surface area contributed by atoms with E-state index < -0.39 is 6.04 Å². The van der Waals surface area contributed by atoms with Gasteiger partial charge >= 0.3 is 0 Å². The topological polar surface area (TPSA) is 64.9 Å². The number of nitrogens with zero attached hydrogens (tertiary/aromatic N) is 2. The Labute approximate surface area is 115 Å². The van der Waals surface area contributed by atoms with Gasteiger partial charge in [0.15, 0.2) is 11.4 Å². The van der Waals surface area contributed by atoms with Crippen LogP contribution >= 0.6 is 0 Å². The van der Waals surface area contributed by atoms with E-state index in [9.17, 15) is 4.39 Å². The Morgan fingerprint density at radius 2 is 2.00 bits per heavy atom. The predicted molar refractivity (Wildman–Crippen MR) is 73.7 cm³/mol. The largest absolute Gasteiger partial charge is 0.456 e. The van der Waals surface area contributed by atoms with E-state index in [2.05, 4.69) is 10.2 Å². The molecular weight excluding hydrogens is 257 g/mol. The molecule has 0 radical (unpaired) electrons. The van der Waals surface area contributed by atoms with E-state index in [1.165, 1.54) is 6.07 Å². The van der Waals surface area contributed by atoms with Crippen LogP contribution in [0.25, 0.3) is 11.0 Å². The lowest BCUT2D eigenvalue weighted by atomic mass is 10.0. The number of furan rings is 1. The van der Waals surface area contributed by atoms with Crippen molar-refractivity contribution in [1.82, 2.24) is 10.2 Å². The van der Waals surface area contributed by atoms with Crippen molar-refractivity contribution in [2.45, 2.75) is 19.9 Å². The van der Waals surface area contributed by atoms with Gasteiger partial charge < -0.3 is 10.2 Å². The number of nitrogens with two attached hydrogens (primary N) is 1. The Kier molecular flexibility index (Phi) is 2.99. The molecule has 20 heavy (non-hydrogen) atoms. The number of hydrogen-bond donors (Lipinski definition) is 1. The fourth-order valence-electron chi connectivity index (χ4n) is 2.24. The average Bonchev–Trinajstić information content (AvgIpc) is 2.86. The Morgan fingerprint density at radius 1 is 1.20 bits per heavy atom. The minimum atomic E-state index is -0.490. The average molecular weight is 271 g/mol. The van der Waals surface area contributed by atoms with E-state index >= 15 is 0 Å². The highest BCUT2D eigenvalue weighted by Gasteiger charge is 2.18. The molecule has 3 rings (SSSR count). The monoisotopic (exact) mass is 271 g/mol. The molecule has 3 aromatic rings. The first kappa shape index (κ1) is 12.7. The zero-order valence-corrected chi connectivity index (χ0v) is 11.2. The molecule has 0 aliphatic carbocycles. The van der Waals surface area contributed by atoms with Crippen LogP contribution in [0.5, 0.6) is 0 Å². The second-order valence-corrected chi connectivity index (χ2v) is 4.81. The summed E-state index contributed by atoms with van der Waals surface area (Å²) in [5, 5.41) is 8.73. The van der Waals surface area contributed by atoms with Gasteiger partial charge in [-0.1, -0.05) is 12.1 Å². The molecule has 2 N–H and O–H groups in total. The molecule has 1 atom stereocenters. The van der Waals surface area contributed by atoms with E-state index in [0.29, 0.717) is 11.1 Å². The summed E-state index contributed by atoms with van der Waals surface area (Å²) in [6, 6.07) is 7.95. The fraction of sp³-hybridized carbons (Fsp3) is 0.200. The molecule has 2 aromatic heterocycles. The van der Waals surface area contributed by atoms with Crippen molar-refractivity contribution in [3.63, 3.8) is 0 Å². The summed E-state index contributed by atoms with van der Waals surface area (Å²) in [5.41, 5.74) is 8.80. The van der Waals surface area contributed by atoms with Crippen LogP contribution in [0.4, 0.5) is 4.39 Å². The Bertz CT molecular complexity index is 782. The summed E-state index contributed by atoms with van der Waals surface area (Å²) in [6.45, 7) is 3.69. The lowest BCUT2D eigenvalue weighted by Crippen LogP contribution is -2.14. The molecule has 2 heterocycles. The van der Waals surface area contributed by atoms with Crippen LogP contribution in [0.2, 0.25) is 0 Å². The van der Waals surface area contributed by atoms with E-state index in [0.717, 1.165) is 17.0 Å². The molecule has 5 heteroatoms. The zero-order chi connectivity index (χ0) is 14.3. The van der Waals surface area contributed by atoms with Gasteiger partial charge in [0, 0.05) is 10.9 Å². The van der Waals surface area contributed by atoms with Crippen LogP contribution in [0.3, 0.4) is 0 Å². The van der Waals surface area contributed by atoms with Gasteiger partial charge in [-0.3, -0.25) is 0 Å². The first-order valence-electron chi connectivity index (χ1n) is 6.30. The number of aryl methyl sites for hydroxylation is 2. The highest BCUT2D eigenvalue weighted by atomic mass is 19.1. The molecule has 4 nitrogen and oxygen atoms in total. The molecular formula is C15H14FN3O. The molecule has 102 valence electrons. The molecule has 0 aliphatic heterocycles. The lowest BCUT2D eigenvalue weighted by Gasteiger charge is -2.11. The number of benzene rings is 1. The standard InChI is InChI=1S/C15H14FN3O/c1-8-6-11(9(2)19-18-8)14(17)13-7-10-4-3-5-12(16)15(10)20-13/h3-7,14H,17H2,1-2H3. The van der Waals surface area contributed by atoms with Crippen LogP contribution in [-0.4, -0.2) is 10.2 Å². The normalized spacial score (nSPS) is 12.8. The van der Waals surface area contributed by atoms with E-state index in [1.807, 2.05) is 19.9 Å². The van der Waals surface area contributed by atoms with Gasteiger partial charge in [-0.05, 0) is 32.0 Å². The minimum Gasteiger partial charge on any atom is -0.456 e. The third kappa shape index (κ3) is 2.06. The highest BCUT2D eigenvalue weighted by molar-refractivity contribution is 5.78. The maximum absolute atomic E-state index is 13.7. The lowest BCUT2D eigenvalue weighted by molar-refractivity contribution is 0.500. The van der Waals surface area contributed by atoms with Crippen molar-refractivity contribution in [2.75, 3.05) is 0 Å². The molecule has 0 saturated heterocycles. The van der Waals surface area contributed by atoms with Crippen LogP contribution in [0.1, 0.15) is 28.8 Å². The third-order valence-electron chi connectivity index (χ3n) is 3.30. The fourth-order valence-corrected chi connectivity index (χ4v) is 2.24. The van der Waals surface area contributed by atoms with Gasteiger partial charge in [-0.25, -0.2) is 4.39 Å². The Balaban J connectivity index is 2.10. The first-order chi connectivity index (χ1) is 9.56. The number of para-hydroxylation sites is 1. The third-order valence-corrected chi connectivity index (χ3v) is 3.30. The van der Waals surface area contributed by atoms with Gasteiger partial charge in [0.1, 0.15) is 5.76 Å². The number of aromatic nitrogens is 2. The molecule has 0 aliphatic rings. The van der Waals surface area contributed by atoms with Gasteiger partial charge in [0.25, 0.3) is 0 Å². The van der Waals surface area contributed by atoms with E-state index in [1.54, 1.807) is 18.2 Å². The molecule has 0 fully saturated rings. The number of rotatable bonds is 2. The van der Waals surface area contributed by atoms with Crippen molar-refractivity contribution < 1.29 is 8.81 Å². The van der Waals surface area contributed by atoms with Crippen molar-refractivity contribution in [3.05, 3.63) is 58.9 Å². The van der Waals surface area contributed by atoms with Crippen LogP contribution in [0.15, 0.2) is 34.7 Å². The summed E-state index contributed by atoms with van der Waals surface area (Å²) in [6.07, 6.45) is 0. The van der Waals surface area contributed by atoms with Crippen LogP contribution in [0, 0.1) is 19.7 Å². The number of hydrogen-bond acceptors (Lipinski definition) is 4. The summed E-state index contributed by atoms with van der Waals surface area (Å²) in [4.78, 5) is 0. The summed E-state index contributed by atoms with van der Waals surface area (Å²) < 4.78 is 19.2. The van der Waals surface area contributed by atoms with Crippen molar-refractivity contribution >= 4 is 11.0 Å². The minimum absolute atomic E-state index is 0.231. The quantitative estimate of drug-likeness (QED) is 0.778. The highest BCUT2D eigenvalue weighted by Crippen LogP contribution is 2.29. The van der Waals surface area contributed by atoms with E-state index in [-0.39, 0.29) is 11.4 Å². The van der Waals surface area contributed by atoms with Crippen molar-refractivity contribution in [2.24, 2.45) is 5.73 Å². The van der Waals surface area contributed by atoms with Crippen molar-refractivity contribution in [3.8, 4) is 0 Å². The molecule has 0 spiro atoms. The SMILES string of the molecule is Cc1cc(C(N)c2cc3cccc(F)c3o2)c(C)nn1. The van der Waals surface area contributed by atoms with Crippen molar-refractivity contribution in [1.29, 1.82) is 0 Å². The molecule has 0 bridgehead atoms. The van der Waals surface area contributed by atoms with Gasteiger partial charge in [0.05, 0.1) is 17.4 Å². The molecule has 1 aromatic carbocycles. The zero-order valence-electron chi connectivity index (χ0n) is 11.2. The second kappa shape index (κ2) is 4.68. The molecule has 0 amide bonds. The molecule has 1 unspecified atom stereocenters.